The fourth-order valence-corrected chi connectivity index (χ4v) is 2.84. The molecule has 0 fully saturated rings. The van der Waals surface area contributed by atoms with E-state index in [0.29, 0.717) is 12.1 Å². The van der Waals surface area contributed by atoms with Crippen LogP contribution >= 0.6 is 11.3 Å². The molecule has 0 aliphatic rings. The second-order valence-corrected chi connectivity index (χ2v) is 4.93. The van der Waals surface area contributed by atoms with E-state index in [-0.39, 0.29) is 0 Å². The van der Waals surface area contributed by atoms with Crippen LogP contribution in [-0.4, -0.2) is 0 Å². The van der Waals surface area contributed by atoms with E-state index in [2.05, 4.69) is 0 Å². The van der Waals surface area contributed by atoms with Crippen molar-refractivity contribution in [3.63, 3.8) is 0 Å². The van der Waals surface area contributed by atoms with Gasteiger partial charge in [-0.3, -0.25) is 0 Å². The van der Waals surface area contributed by atoms with E-state index >= 15 is 0 Å². The number of aromatic nitrogens is 1. The van der Waals surface area contributed by atoms with Crippen molar-refractivity contribution < 1.29 is 13.3 Å². The fraction of sp³-hybridized carbons (Fsp3) is 0.0714. The van der Waals surface area contributed by atoms with Crippen LogP contribution in [0.1, 0.15) is 5.56 Å². The molecule has 0 bridgehead atoms. The molecule has 0 radical (unpaired) electrons. The molecule has 0 spiro atoms. The zero-order valence-corrected chi connectivity index (χ0v) is 10.3. The molecule has 3 aromatic rings. The van der Waals surface area contributed by atoms with Crippen LogP contribution < -0.4 is 4.57 Å². The molecule has 0 unspecified atom stereocenters. The zero-order valence-electron chi connectivity index (χ0n) is 9.44. The molecule has 1 aromatic heterocycles. The van der Waals surface area contributed by atoms with E-state index in [4.69, 9.17) is 0 Å². The smallest absolute Gasteiger partial charge is 0.203 e. The van der Waals surface area contributed by atoms with E-state index in [1.54, 1.807) is 10.6 Å². The van der Waals surface area contributed by atoms with Crippen molar-refractivity contribution >= 4 is 21.6 Å². The van der Waals surface area contributed by atoms with Crippen LogP contribution in [0.4, 0.5) is 8.78 Å². The van der Waals surface area contributed by atoms with Crippen LogP contribution in [0.25, 0.3) is 10.2 Å². The summed E-state index contributed by atoms with van der Waals surface area (Å²) in [5.74, 6) is -1.58. The summed E-state index contributed by atoms with van der Waals surface area (Å²) in [7, 11) is 0. The molecule has 3 rings (SSSR count). The normalized spacial score (nSPS) is 11.0. The molecular formula is C14H10F2NS+. The molecule has 0 aliphatic heterocycles. The van der Waals surface area contributed by atoms with Gasteiger partial charge in [0.25, 0.3) is 5.52 Å². The third-order valence-corrected chi connectivity index (χ3v) is 3.77. The SMILES string of the molecule is Fc1ccc2sc[n+](Cc3ccccc3)c2c1F. The van der Waals surface area contributed by atoms with Gasteiger partial charge < -0.3 is 0 Å². The Bertz CT molecular complexity index is 692. The van der Waals surface area contributed by atoms with Crippen molar-refractivity contribution in [3.8, 4) is 0 Å². The third-order valence-electron chi connectivity index (χ3n) is 2.82. The highest BCUT2D eigenvalue weighted by Crippen LogP contribution is 2.21. The lowest BCUT2D eigenvalue weighted by molar-refractivity contribution is -0.659. The number of benzene rings is 2. The van der Waals surface area contributed by atoms with E-state index in [9.17, 15) is 8.78 Å². The first-order chi connectivity index (χ1) is 8.75. The van der Waals surface area contributed by atoms with Gasteiger partial charge >= 0.3 is 0 Å². The van der Waals surface area contributed by atoms with Crippen LogP contribution in [0.5, 0.6) is 0 Å². The summed E-state index contributed by atoms with van der Waals surface area (Å²) >= 11 is 1.41. The fourth-order valence-electron chi connectivity index (χ4n) is 1.95. The Morgan fingerprint density at radius 2 is 1.78 bits per heavy atom. The molecule has 4 heteroatoms. The summed E-state index contributed by atoms with van der Waals surface area (Å²) in [6, 6.07) is 12.5. The molecule has 90 valence electrons. The Morgan fingerprint density at radius 3 is 2.56 bits per heavy atom. The van der Waals surface area contributed by atoms with Crippen molar-refractivity contribution in [2.45, 2.75) is 6.54 Å². The Labute approximate surface area is 107 Å². The first-order valence-electron chi connectivity index (χ1n) is 5.54. The highest BCUT2D eigenvalue weighted by molar-refractivity contribution is 7.16. The van der Waals surface area contributed by atoms with Crippen LogP contribution in [0.2, 0.25) is 0 Å². The molecule has 0 saturated heterocycles. The second kappa shape index (κ2) is 4.46. The molecule has 2 aromatic carbocycles. The number of fused-ring (bicyclic) bond motifs is 1. The summed E-state index contributed by atoms with van der Waals surface area (Å²) in [5.41, 5.74) is 3.22. The van der Waals surface area contributed by atoms with Gasteiger partial charge in [-0.1, -0.05) is 41.7 Å². The van der Waals surface area contributed by atoms with E-state index in [0.717, 1.165) is 10.3 Å². The summed E-state index contributed by atoms with van der Waals surface area (Å²) in [6.45, 7) is 0.543. The van der Waals surface area contributed by atoms with Crippen molar-refractivity contribution in [2.75, 3.05) is 0 Å². The van der Waals surface area contributed by atoms with Crippen molar-refractivity contribution in [2.24, 2.45) is 0 Å². The van der Waals surface area contributed by atoms with Crippen LogP contribution in [-0.2, 0) is 6.54 Å². The zero-order chi connectivity index (χ0) is 12.5. The lowest BCUT2D eigenvalue weighted by atomic mass is 10.2. The lowest BCUT2D eigenvalue weighted by Gasteiger charge is -1.97. The molecule has 1 heterocycles. The van der Waals surface area contributed by atoms with E-state index in [1.165, 1.54) is 17.4 Å². The predicted octanol–water partition coefficient (Wildman–Crippen LogP) is 3.52. The largest absolute Gasteiger partial charge is 0.262 e. The predicted molar refractivity (Wildman–Crippen MR) is 67.5 cm³/mol. The molecule has 0 aliphatic carbocycles. The topological polar surface area (TPSA) is 3.88 Å². The lowest BCUT2D eigenvalue weighted by Crippen LogP contribution is -2.33. The Hall–Kier alpha value is -1.81. The Balaban J connectivity index is 2.10. The molecule has 1 nitrogen and oxygen atoms in total. The first kappa shape index (κ1) is 11.3. The Morgan fingerprint density at radius 1 is 1.00 bits per heavy atom. The number of hydrogen-bond donors (Lipinski definition) is 0. The second-order valence-electron chi connectivity index (χ2n) is 4.04. The maximum Gasteiger partial charge on any atom is 0.262 e. The average Bonchev–Trinajstić information content (AvgIpc) is 2.79. The summed E-state index contributed by atoms with van der Waals surface area (Å²) in [5, 5.41) is 0. The number of halogens is 2. The number of thiazole rings is 1. The first-order valence-corrected chi connectivity index (χ1v) is 6.42. The average molecular weight is 262 g/mol. The standard InChI is InChI=1S/C14H10F2NS/c15-11-6-7-12-14(13(11)16)17(9-18-12)8-10-4-2-1-3-5-10/h1-7,9H,8H2/q+1. The van der Waals surface area contributed by atoms with Gasteiger partial charge in [-0.05, 0) is 12.1 Å². The van der Waals surface area contributed by atoms with Gasteiger partial charge in [0.1, 0.15) is 4.70 Å². The molecule has 0 N–H and O–H groups in total. The van der Waals surface area contributed by atoms with Crippen molar-refractivity contribution in [3.05, 3.63) is 65.2 Å². The maximum atomic E-state index is 13.8. The van der Waals surface area contributed by atoms with Gasteiger partial charge in [-0.25, -0.2) is 4.39 Å². The quantitative estimate of drug-likeness (QED) is 0.622. The third kappa shape index (κ3) is 1.88. The van der Waals surface area contributed by atoms with Gasteiger partial charge in [0, 0.05) is 5.56 Å². The summed E-state index contributed by atoms with van der Waals surface area (Å²) < 4.78 is 29.6. The van der Waals surface area contributed by atoms with Crippen LogP contribution in [0.15, 0.2) is 48.0 Å². The van der Waals surface area contributed by atoms with Crippen LogP contribution in [0.3, 0.4) is 0 Å². The minimum absolute atomic E-state index is 0.337. The summed E-state index contributed by atoms with van der Waals surface area (Å²) in [4.78, 5) is 0. The van der Waals surface area contributed by atoms with E-state index in [1.807, 2.05) is 35.8 Å². The monoisotopic (exact) mass is 262 g/mol. The Kier molecular flexibility index (Phi) is 2.80. The van der Waals surface area contributed by atoms with Gasteiger partial charge in [-0.15, -0.1) is 0 Å². The van der Waals surface area contributed by atoms with Gasteiger partial charge in [0.05, 0.1) is 0 Å². The summed E-state index contributed by atoms with van der Waals surface area (Å²) in [6.07, 6.45) is 0. The molecule has 0 saturated carbocycles. The molecule has 18 heavy (non-hydrogen) atoms. The van der Waals surface area contributed by atoms with Gasteiger partial charge in [-0.2, -0.15) is 8.96 Å². The molecule has 0 amide bonds. The number of rotatable bonds is 2. The maximum absolute atomic E-state index is 13.8. The number of nitrogens with zero attached hydrogens (tertiary/aromatic N) is 1. The van der Waals surface area contributed by atoms with Crippen molar-refractivity contribution in [1.29, 1.82) is 0 Å². The molecule has 0 atom stereocenters. The minimum Gasteiger partial charge on any atom is -0.203 e. The number of hydrogen-bond acceptors (Lipinski definition) is 1. The van der Waals surface area contributed by atoms with Crippen molar-refractivity contribution in [1.82, 2.24) is 0 Å². The highest BCUT2D eigenvalue weighted by Gasteiger charge is 2.20. The van der Waals surface area contributed by atoms with Crippen LogP contribution in [0, 0.1) is 11.6 Å². The van der Waals surface area contributed by atoms with Gasteiger partial charge in [0.15, 0.2) is 12.4 Å². The van der Waals surface area contributed by atoms with Gasteiger partial charge in [0.2, 0.25) is 11.3 Å². The highest BCUT2D eigenvalue weighted by atomic mass is 32.1. The molecular weight excluding hydrogens is 252 g/mol. The van der Waals surface area contributed by atoms with E-state index < -0.39 is 11.6 Å². The minimum atomic E-state index is -0.803.